The Hall–Kier alpha value is -1.78. The predicted molar refractivity (Wildman–Crippen MR) is 65.7 cm³/mol. The lowest BCUT2D eigenvalue weighted by atomic mass is 10.3. The SMILES string of the molecule is CCNc1cc(N(C)CC(=O)NC)ccn1. The van der Waals surface area contributed by atoms with Gasteiger partial charge in [-0.25, -0.2) is 4.98 Å². The maximum absolute atomic E-state index is 11.2. The third-order valence-corrected chi connectivity index (χ3v) is 2.20. The molecule has 0 atom stereocenters. The molecule has 0 radical (unpaired) electrons. The number of carbonyl (C=O) groups is 1. The first-order chi connectivity index (χ1) is 7.67. The van der Waals surface area contributed by atoms with E-state index in [0.29, 0.717) is 6.54 Å². The van der Waals surface area contributed by atoms with Crippen molar-refractivity contribution >= 4 is 17.4 Å². The molecule has 1 heterocycles. The van der Waals surface area contributed by atoms with Gasteiger partial charge < -0.3 is 15.5 Å². The number of carbonyl (C=O) groups excluding carboxylic acids is 1. The molecular weight excluding hydrogens is 204 g/mol. The number of hydrogen-bond donors (Lipinski definition) is 2. The number of likely N-dealkylation sites (N-methyl/N-ethyl adjacent to an activating group) is 2. The van der Waals surface area contributed by atoms with Crippen LogP contribution in [0.4, 0.5) is 11.5 Å². The molecule has 0 spiro atoms. The van der Waals surface area contributed by atoms with Crippen LogP contribution in [-0.2, 0) is 4.79 Å². The lowest BCUT2D eigenvalue weighted by Crippen LogP contribution is -2.32. The standard InChI is InChI=1S/C11H18N4O/c1-4-13-10-7-9(5-6-14-10)15(3)8-11(16)12-2/h5-7H,4,8H2,1-3H3,(H,12,16)(H,13,14). The highest BCUT2D eigenvalue weighted by Crippen LogP contribution is 2.15. The summed E-state index contributed by atoms with van der Waals surface area (Å²) >= 11 is 0. The largest absolute Gasteiger partial charge is 0.370 e. The second-order valence-electron chi connectivity index (χ2n) is 3.46. The van der Waals surface area contributed by atoms with Crippen molar-refractivity contribution in [2.45, 2.75) is 6.92 Å². The van der Waals surface area contributed by atoms with Crippen LogP contribution in [0.1, 0.15) is 6.92 Å². The summed E-state index contributed by atoms with van der Waals surface area (Å²) in [5, 5.41) is 5.73. The van der Waals surface area contributed by atoms with Gasteiger partial charge in [0.2, 0.25) is 5.91 Å². The molecule has 16 heavy (non-hydrogen) atoms. The smallest absolute Gasteiger partial charge is 0.239 e. The van der Waals surface area contributed by atoms with Gasteiger partial charge in [-0.05, 0) is 13.0 Å². The van der Waals surface area contributed by atoms with E-state index in [1.165, 1.54) is 0 Å². The van der Waals surface area contributed by atoms with E-state index >= 15 is 0 Å². The number of nitrogens with zero attached hydrogens (tertiary/aromatic N) is 2. The highest BCUT2D eigenvalue weighted by Gasteiger charge is 2.06. The predicted octanol–water partition coefficient (Wildman–Crippen LogP) is 0.696. The van der Waals surface area contributed by atoms with Crippen LogP contribution in [0.3, 0.4) is 0 Å². The van der Waals surface area contributed by atoms with E-state index in [9.17, 15) is 4.79 Å². The Labute approximate surface area is 95.9 Å². The van der Waals surface area contributed by atoms with Gasteiger partial charge in [-0.1, -0.05) is 0 Å². The van der Waals surface area contributed by atoms with Crippen molar-refractivity contribution in [3.05, 3.63) is 18.3 Å². The second-order valence-corrected chi connectivity index (χ2v) is 3.46. The topological polar surface area (TPSA) is 57.3 Å². The Morgan fingerprint density at radius 2 is 2.31 bits per heavy atom. The van der Waals surface area contributed by atoms with Crippen molar-refractivity contribution < 1.29 is 4.79 Å². The molecule has 0 aliphatic carbocycles. The molecule has 0 bridgehead atoms. The van der Waals surface area contributed by atoms with E-state index in [1.807, 2.05) is 31.0 Å². The average molecular weight is 222 g/mol. The quantitative estimate of drug-likeness (QED) is 0.770. The highest BCUT2D eigenvalue weighted by molar-refractivity contribution is 5.81. The lowest BCUT2D eigenvalue weighted by molar-refractivity contribution is -0.119. The highest BCUT2D eigenvalue weighted by atomic mass is 16.1. The molecule has 0 aliphatic heterocycles. The number of aromatic nitrogens is 1. The van der Waals surface area contributed by atoms with Gasteiger partial charge in [-0.3, -0.25) is 4.79 Å². The van der Waals surface area contributed by atoms with Gasteiger partial charge in [0.1, 0.15) is 5.82 Å². The van der Waals surface area contributed by atoms with Crippen LogP contribution in [0.5, 0.6) is 0 Å². The van der Waals surface area contributed by atoms with Crippen LogP contribution in [-0.4, -0.2) is 38.1 Å². The number of anilines is 2. The van der Waals surface area contributed by atoms with Gasteiger partial charge >= 0.3 is 0 Å². The van der Waals surface area contributed by atoms with E-state index in [2.05, 4.69) is 15.6 Å². The van der Waals surface area contributed by atoms with Crippen LogP contribution in [0.2, 0.25) is 0 Å². The summed E-state index contributed by atoms with van der Waals surface area (Å²) in [4.78, 5) is 17.3. The minimum absolute atomic E-state index is 0.00990. The van der Waals surface area contributed by atoms with Gasteiger partial charge in [0, 0.05) is 38.6 Å². The molecule has 0 aliphatic rings. The molecule has 0 saturated heterocycles. The zero-order chi connectivity index (χ0) is 12.0. The minimum Gasteiger partial charge on any atom is -0.370 e. The minimum atomic E-state index is -0.00990. The van der Waals surface area contributed by atoms with E-state index in [-0.39, 0.29) is 5.91 Å². The fraction of sp³-hybridized carbons (Fsp3) is 0.455. The molecule has 1 rings (SSSR count). The molecule has 5 nitrogen and oxygen atoms in total. The van der Waals surface area contributed by atoms with E-state index in [4.69, 9.17) is 0 Å². The van der Waals surface area contributed by atoms with Crippen LogP contribution >= 0.6 is 0 Å². The molecule has 1 aromatic heterocycles. The van der Waals surface area contributed by atoms with Gasteiger partial charge in [0.15, 0.2) is 0 Å². The molecule has 1 aromatic rings. The normalized spacial score (nSPS) is 9.69. The third-order valence-electron chi connectivity index (χ3n) is 2.20. The Morgan fingerprint density at radius 3 is 2.94 bits per heavy atom. The summed E-state index contributed by atoms with van der Waals surface area (Å²) in [6.07, 6.45) is 1.73. The van der Waals surface area contributed by atoms with Crippen molar-refractivity contribution in [2.75, 3.05) is 37.4 Å². The molecule has 5 heteroatoms. The van der Waals surface area contributed by atoms with Gasteiger partial charge in [0.25, 0.3) is 0 Å². The number of pyridine rings is 1. The molecule has 0 unspecified atom stereocenters. The number of hydrogen-bond acceptors (Lipinski definition) is 4. The monoisotopic (exact) mass is 222 g/mol. The van der Waals surface area contributed by atoms with E-state index in [0.717, 1.165) is 18.1 Å². The fourth-order valence-corrected chi connectivity index (χ4v) is 1.32. The summed E-state index contributed by atoms with van der Waals surface area (Å²) < 4.78 is 0. The van der Waals surface area contributed by atoms with Gasteiger partial charge in [-0.2, -0.15) is 0 Å². The van der Waals surface area contributed by atoms with E-state index < -0.39 is 0 Å². The average Bonchev–Trinajstić information content (AvgIpc) is 2.29. The summed E-state index contributed by atoms with van der Waals surface area (Å²) in [5.41, 5.74) is 0.967. The zero-order valence-corrected chi connectivity index (χ0v) is 9.95. The van der Waals surface area contributed by atoms with Crippen molar-refractivity contribution in [1.29, 1.82) is 0 Å². The molecule has 0 saturated carbocycles. The Bertz CT molecular complexity index is 354. The van der Waals surface area contributed by atoms with Crippen molar-refractivity contribution in [3.8, 4) is 0 Å². The number of amides is 1. The van der Waals surface area contributed by atoms with Crippen LogP contribution in [0.25, 0.3) is 0 Å². The molecule has 1 amide bonds. The van der Waals surface area contributed by atoms with Crippen LogP contribution in [0, 0.1) is 0 Å². The number of nitrogens with one attached hydrogen (secondary N) is 2. The summed E-state index contributed by atoms with van der Waals surface area (Å²) in [6.45, 7) is 3.18. The Balaban J connectivity index is 2.71. The summed E-state index contributed by atoms with van der Waals surface area (Å²) in [6, 6.07) is 3.80. The maximum atomic E-state index is 11.2. The fourth-order valence-electron chi connectivity index (χ4n) is 1.32. The molecule has 0 aromatic carbocycles. The summed E-state index contributed by atoms with van der Waals surface area (Å²) in [7, 11) is 3.51. The Kier molecular flexibility index (Phi) is 4.57. The van der Waals surface area contributed by atoms with Gasteiger partial charge in [-0.15, -0.1) is 0 Å². The second kappa shape index (κ2) is 5.95. The first-order valence-corrected chi connectivity index (χ1v) is 5.29. The van der Waals surface area contributed by atoms with Crippen molar-refractivity contribution in [1.82, 2.24) is 10.3 Å². The number of rotatable bonds is 5. The van der Waals surface area contributed by atoms with Crippen LogP contribution in [0.15, 0.2) is 18.3 Å². The maximum Gasteiger partial charge on any atom is 0.239 e. The van der Waals surface area contributed by atoms with E-state index in [1.54, 1.807) is 13.2 Å². The molecule has 88 valence electrons. The molecular formula is C11H18N4O. The summed E-state index contributed by atoms with van der Waals surface area (Å²) in [5.74, 6) is 0.813. The van der Waals surface area contributed by atoms with Crippen molar-refractivity contribution in [3.63, 3.8) is 0 Å². The third kappa shape index (κ3) is 3.42. The first-order valence-electron chi connectivity index (χ1n) is 5.29. The zero-order valence-electron chi connectivity index (χ0n) is 9.95. The first kappa shape index (κ1) is 12.3. The Morgan fingerprint density at radius 1 is 1.56 bits per heavy atom. The van der Waals surface area contributed by atoms with Gasteiger partial charge in [0.05, 0.1) is 6.54 Å². The van der Waals surface area contributed by atoms with Crippen molar-refractivity contribution in [2.24, 2.45) is 0 Å². The molecule has 0 fully saturated rings. The molecule has 2 N–H and O–H groups in total. The van der Waals surface area contributed by atoms with Crippen LogP contribution < -0.4 is 15.5 Å². The lowest BCUT2D eigenvalue weighted by Gasteiger charge is -2.18.